The van der Waals surface area contributed by atoms with Gasteiger partial charge in [-0.1, -0.05) is 59.1 Å². The molecule has 8 nitrogen and oxygen atoms in total. The number of sulfonamides is 1. The van der Waals surface area contributed by atoms with Gasteiger partial charge in [0.15, 0.2) is 0 Å². The van der Waals surface area contributed by atoms with E-state index in [-0.39, 0.29) is 17.3 Å². The maximum Gasteiger partial charge on any atom is 0.264 e. The summed E-state index contributed by atoms with van der Waals surface area (Å²) < 4.78 is 34.9. The zero-order chi connectivity index (χ0) is 29.3. The molecule has 0 bridgehead atoms. The van der Waals surface area contributed by atoms with Gasteiger partial charge in [0.2, 0.25) is 11.8 Å². The molecule has 214 valence electrons. The van der Waals surface area contributed by atoms with Gasteiger partial charge in [-0.25, -0.2) is 8.42 Å². The Balaban J connectivity index is 1.99. The molecule has 0 radical (unpaired) electrons. The first kappa shape index (κ1) is 31.2. The number of rotatable bonds is 13. The van der Waals surface area contributed by atoms with Crippen LogP contribution < -0.4 is 14.4 Å². The van der Waals surface area contributed by atoms with Crippen molar-refractivity contribution in [1.82, 2.24) is 10.2 Å². The second-order valence-electron chi connectivity index (χ2n) is 9.49. The predicted octanol–water partition coefficient (Wildman–Crippen LogP) is 5.30. The fraction of sp³-hybridized carbons (Fsp3) is 0.333. The number of carbonyl (C=O) groups is 2. The molecule has 10 heteroatoms. The lowest BCUT2D eigenvalue weighted by atomic mass is 10.1. The van der Waals surface area contributed by atoms with Crippen molar-refractivity contribution in [3.05, 3.63) is 88.4 Å². The van der Waals surface area contributed by atoms with Gasteiger partial charge >= 0.3 is 0 Å². The summed E-state index contributed by atoms with van der Waals surface area (Å²) in [6, 6.07) is 19.5. The fourth-order valence-electron chi connectivity index (χ4n) is 4.02. The van der Waals surface area contributed by atoms with Crippen molar-refractivity contribution >= 4 is 43.5 Å². The van der Waals surface area contributed by atoms with Gasteiger partial charge in [0, 0.05) is 17.6 Å². The number of benzene rings is 3. The largest absolute Gasteiger partial charge is 0.497 e. The second-order valence-corrected chi connectivity index (χ2v) is 12.3. The maximum absolute atomic E-state index is 13.9. The quantitative estimate of drug-likeness (QED) is 0.259. The summed E-state index contributed by atoms with van der Waals surface area (Å²) >= 11 is 3.42. The van der Waals surface area contributed by atoms with E-state index in [1.807, 2.05) is 38.1 Å². The number of anilines is 1. The van der Waals surface area contributed by atoms with Crippen molar-refractivity contribution in [2.75, 3.05) is 24.5 Å². The van der Waals surface area contributed by atoms with Crippen LogP contribution in [0.1, 0.15) is 37.8 Å². The molecule has 0 fully saturated rings. The van der Waals surface area contributed by atoms with Gasteiger partial charge in [0.05, 0.1) is 17.7 Å². The maximum atomic E-state index is 13.9. The Kier molecular flexibility index (Phi) is 11.2. The predicted molar refractivity (Wildman–Crippen MR) is 161 cm³/mol. The number of nitrogens with zero attached hydrogens (tertiary/aromatic N) is 2. The van der Waals surface area contributed by atoms with Crippen molar-refractivity contribution in [3.8, 4) is 5.75 Å². The first-order valence-corrected chi connectivity index (χ1v) is 15.3. The lowest BCUT2D eigenvalue weighted by molar-refractivity contribution is -0.139. The molecule has 0 aliphatic rings. The topological polar surface area (TPSA) is 96.0 Å². The normalized spacial score (nSPS) is 11.9. The molecule has 2 amide bonds. The van der Waals surface area contributed by atoms with E-state index in [9.17, 15) is 18.0 Å². The summed E-state index contributed by atoms with van der Waals surface area (Å²) in [5.74, 6) is -0.249. The summed E-state index contributed by atoms with van der Waals surface area (Å²) in [6.07, 6.45) is 1.74. The zero-order valence-corrected chi connectivity index (χ0v) is 25.7. The summed E-state index contributed by atoms with van der Waals surface area (Å²) in [7, 11) is -2.60. The molecule has 0 saturated heterocycles. The Labute approximate surface area is 245 Å². The molecule has 3 aromatic rings. The molecule has 40 heavy (non-hydrogen) atoms. The molecule has 3 rings (SSSR count). The van der Waals surface area contributed by atoms with Crippen LogP contribution in [0.3, 0.4) is 0 Å². The Hall–Kier alpha value is -3.37. The number of ether oxygens (including phenoxy) is 1. The molecule has 0 aromatic heterocycles. The van der Waals surface area contributed by atoms with E-state index in [2.05, 4.69) is 21.2 Å². The van der Waals surface area contributed by atoms with Crippen molar-refractivity contribution in [2.45, 2.75) is 51.1 Å². The highest BCUT2D eigenvalue weighted by molar-refractivity contribution is 9.10. The Bertz CT molecular complexity index is 1380. The van der Waals surface area contributed by atoms with E-state index >= 15 is 0 Å². The number of carbonyl (C=O) groups excluding carboxylic acids is 2. The van der Waals surface area contributed by atoms with Crippen LogP contribution in [0.5, 0.6) is 5.75 Å². The summed E-state index contributed by atoms with van der Waals surface area (Å²) in [6.45, 7) is 5.69. The minimum atomic E-state index is -4.12. The molecule has 1 unspecified atom stereocenters. The van der Waals surface area contributed by atoms with E-state index in [0.717, 1.165) is 32.7 Å². The molecule has 1 atom stereocenters. The first-order valence-electron chi connectivity index (χ1n) is 13.1. The van der Waals surface area contributed by atoms with Crippen molar-refractivity contribution in [2.24, 2.45) is 0 Å². The van der Waals surface area contributed by atoms with Crippen molar-refractivity contribution in [1.29, 1.82) is 0 Å². The Morgan fingerprint density at radius 2 is 1.60 bits per heavy atom. The number of amides is 2. The molecule has 0 saturated carbocycles. The van der Waals surface area contributed by atoms with Crippen LogP contribution in [-0.4, -0.2) is 51.4 Å². The molecule has 0 aliphatic carbocycles. The number of hydrogen-bond donors (Lipinski definition) is 1. The number of hydrogen-bond acceptors (Lipinski definition) is 5. The van der Waals surface area contributed by atoms with Gasteiger partial charge in [-0.05, 0) is 74.4 Å². The third kappa shape index (κ3) is 8.08. The average molecular weight is 631 g/mol. The highest BCUT2D eigenvalue weighted by Crippen LogP contribution is 2.27. The highest BCUT2D eigenvalue weighted by Gasteiger charge is 2.32. The average Bonchev–Trinajstić information content (AvgIpc) is 2.95. The highest BCUT2D eigenvalue weighted by atomic mass is 79.9. The number of unbranched alkanes of at least 4 members (excludes halogenated alkanes) is 1. The monoisotopic (exact) mass is 629 g/mol. The van der Waals surface area contributed by atoms with Gasteiger partial charge in [0.1, 0.15) is 18.3 Å². The van der Waals surface area contributed by atoms with Crippen LogP contribution in [0.2, 0.25) is 0 Å². The first-order chi connectivity index (χ1) is 19.1. The minimum Gasteiger partial charge on any atom is -0.497 e. The third-order valence-corrected chi connectivity index (χ3v) is 8.83. The van der Waals surface area contributed by atoms with E-state index < -0.39 is 28.5 Å². The smallest absolute Gasteiger partial charge is 0.264 e. The van der Waals surface area contributed by atoms with Gasteiger partial charge in [-0.15, -0.1) is 0 Å². The molecule has 0 spiro atoms. The second kappa shape index (κ2) is 14.3. The van der Waals surface area contributed by atoms with Crippen molar-refractivity contribution < 1.29 is 22.7 Å². The Morgan fingerprint density at radius 3 is 2.17 bits per heavy atom. The van der Waals surface area contributed by atoms with E-state index in [1.165, 1.54) is 24.1 Å². The van der Waals surface area contributed by atoms with Gasteiger partial charge in [-0.3, -0.25) is 13.9 Å². The van der Waals surface area contributed by atoms with Crippen LogP contribution in [0.4, 0.5) is 5.69 Å². The van der Waals surface area contributed by atoms with Crippen LogP contribution in [0.15, 0.2) is 82.2 Å². The Morgan fingerprint density at radius 1 is 0.975 bits per heavy atom. The zero-order valence-electron chi connectivity index (χ0n) is 23.3. The minimum absolute atomic E-state index is 0.0616. The number of nitrogens with one attached hydrogen (secondary N) is 1. The standard InChI is InChI=1S/C30H36BrN3O5S/c1-5-6-19-32-30(36)23(3)33(20-24-9-11-25(31)12-10-24)29(35)21-34(26-13-15-27(39-4)16-14-26)40(37,38)28-17-7-22(2)8-18-28/h7-18,23H,5-6,19-21H2,1-4H3,(H,32,36). The van der Waals surface area contributed by atoms with E-state index in [4.69, 9.17) is 4.74 Å². The SMILES string of the molecule is CCCCNC(=O)C(C)N(Cc1ccc(Br)cc1)C(=O)CN(c1ccc(OC)cc1)S(=O)(=O)c1ccc(C)cc1. The summed E-state index contributed by atoms with van der Waals surface area (Å²) in [4.78, 5) is 28.4. The van der Waals surface area contributed by atoms with Gasteiger partial charge in [0.25, 0.3) is 10.0 Å². The van der Waals surface area contributed by atoms with Crippen molar-refractivity contribution in [3.63, 3.8) is 0 Å². The van der Waals surface area contributed by atoms with Crippen LogP contribution in [0, 0.1) is 6.92 Å². The molecule has 0 heterocycles. The lowest BCUT2D eigenvalue weighted by Gasteiger charge is -2.32. The lowest BCUT2D eigenvalue weighted by Crippen LogP contribution is -2.51. The molecular formula is C30H36BrN3O5S. The number of aryl methyl sites for hydroxylation is 1. The number of halogens is 1. The molecule has 3 aromatic carbocycles. The summed E-state index contributed by atoms with van der Waals surface area (Å²) in [5, 5.41) is 2.89. The van der Waals surface area contributed by atoms with Crippen LogP contribution >= 0.6 is 15.9 Å². The van der Waals surface area contributed by atoms with Gasteiger partial charge in [-0.2, -0.15) is 0 Å². The van der Waals surface area contributed by atoms with E-state index in [0.29, 0.717) is 18.0 Å². The van der Waals surface area contributed by atoms with Crippen LogP contribution in [-0.2, 0) is 26.2 Å². The van der Waals surface area contributed by atoms with Crippen LogP contribution in [0.25, 0.3) is 0 Å². The summed E-state index contributed by atoms with van der Waals surface area (Å²) in [5.41, 5.74) is 2.02. The van der Waals surface area contributed by atoms with Gasteiger partial charge < -0.3 is 15.0 Å². The molecular weight excluding hydrogens is 594 g/mol. The molecule has 1 N–H and O–H groups in total. The fourth-order valence-corrected chi connectivity index (χ4v) is 5.70. The van der Waals surface area contributed by atoms with E-state index in [1.54, 1.807) is 43.3 Å². The third-order valence-electron chi connectivity index (χ3n) is 6.51. The molecule has 0 aliphatic heterocycles. The number of methoxy groups -OCH3 is 1.